The predicted molar refractivity (Wildman–Crippen MR) is 153 cm³/mol. The third-order valence-corrected chi connectivity index (χ3v) is 7.74. The molecule has 2 heterocycles. The van der Waals surface area contributed by atoms with Crippen molar-refractivity contribution in [3.8, 4) is 11.6 Å². The number of benzene rings is 1. The van der Waals surface area contributed by atoms with Gasteiger partial charge in [-0.05, 0) is 49.1 Å². The molecular formula is C30H42N4O8. The van der Waals surface area contributed by atoms with Crippen LogP contribution in [0.4, 0.5) is 4.79 Å². The highest BCUT2D eigenvalue weighted by Gasteiger charge is 2.41. The van der Waals surface area contributed by atoms with Crippen LogP contribution in [0.1, 0.15) is 65.0 Å². The minimum absolute atomic E-state index is 0.170. The number of nitrogens with zero attached hydrogens (tertiary/aromatic N) is 2. The molecule has 1 amide bonds. The molecular weight excluding hydrogens is 544 g/mol. The number of rotatable bonds is 13. The molecule has 42 heavy (non-hydrogen) atoms. The van der Waals surface area contributed by atoms with E-state index in [2.05, 4.69) is 10.6 Å². The Labute approximate surface area is 245 Å². The van der Waals surface area contributed by atoms with Gasteiger partial charge in [0.2, 0.25) is 5.88 Å². The number of carboxylic acid groups (broad SMARTS) is 1. The number of carbonyl (C=O) groups is 3. The van der Waals surface area contributed by atoms with Gasteiger partial charge in [0.05, 0.1) is 25.3 Å². The van der Waals surface area contributed by atoms with E-state index in [4.69, 9.17) is 28.9 Å². The Morgan fingerprint density at radius 1 is 1.10 bits per heavy atom. The fourth-order valence-corrected chi connectivity index (χ4v) is 5.19. The second-order valence-electron chi connectivity index (χ2n) is 12.1. The van der Waals surface area contributed by atoms with Gasteiger partial charge in [-0.25, -0.2) is 19.6 Å². The average Bonchev–Trinajstić information content (AvgIpc) is 3.50. The van der Waals surface area contributed by atoms with E-state index in [0.29, 0.717) is 42.5 Å². The number of amides is 1. The number of carboxylic acids is 1. The maximum Gasteiger partial charge on any atom is 0.408 e. The number of nitrogens with one attached hydrogen (secondary N) is 2. The molecule has 1 aromatic carbocycles. The highest BCUT2D eigenvalue weighted by Crippen LogP contribution is 2.38. The van der Waals surface area contributed by atoms with Crippen molar-refractivity contribution in [3.05, 3.63) is 23.9 Å². The molecule has 230 valence electrons. The molecule has 1 aliphatic carbocycles. The summed E-state index contributed by atoms with van der Waals surface area (Å²) in [6.07, 6.45) is 4.60. The van der Waals surface area contributed by atoms with Gasteiger partial charge in [0.1, 0.15) is 35.7 Å². The van der Waals surface area contributed by atoms with E-state index in [9.17, 15) is 19.5 Å². The standard InChI is InChI=1S/C30H42N4O8/c1-30(2,3)25(27(35)36)34-29(38)42-24-13-17(24)9-7-6-8-10-21-26(41-19-15-23(31-16-19)28(37)40-5)33-22-14-18(39-4)11-12-20(22)32-21/h11-12,14,17,19,23-25,31H,6-10,13,15-16H2,1-5H3,(H,34,38)(H,35,36)/t17-,19-,23+,24-,25-/m1/s1. The number of alkyl carbamates (subject to hydrolysis) is 1. The summed E-state index contributed by atoms with van der Waals surface area (Å²) in [7, 11) is 2.97. The summed E-state index contributed by atoms with van der Waals surface area (Å²) in [5.41, 5.74) is 1.57. The summed E-state index contributed by atoms with van der Waals surface area (Å²) >= 11 is 0. The number of fused-ring (bicyclic) bond motifs is 1. The predicted octanol–water partition coefficient (Wildman–Crippen LogP) is 3.64. The van der Waals surface area contributed by atoms with E-state index in [1.807, 2.05) is 18.2 Å². The van der Waals surface area contributed by atoms with Crippen molar-refractivity contribution in [2.75, 3.05) is 20.8 Å². The SMILES string of the molecule is COC(=O)[C@@H]1C[C@@H](Oc2nc3cc(OC)ccc3nc2CCCCC[C@@H]2C[C@H]2OC(=O)N[C@H](C(=O)O)C(C)(C)C)CN1. The number of methoxy groups -OCH3 is 2. The molecule has 2 aliphatic rings. The summed E-state index contributed by atoms with van der Waals surface area (Å²) in [5, 5.41) is 15.0. The molecule has 3 N–H and O–H groups in total. The molecule has 0 spiro atoms. The first-order valence-electron chi connectivity index (χ1n) is 14.5. The molecule has 1 aromatic heterocycles. The van der Waals surface area contributed by atoms with Crippen molar-refractivity contribution >= 4 is 29.1 Å². The number of esters is 1. The van der Waals surface area contributed by atoms with Gasteiger partial charge in [0, 0.05) is 19.0 Å². The minimum Gasteiger partial charge on any atom is -0.497 e. The second-order valence-corrected chi connectivity index (χ2v) is 12.1. The molecule has 1 saturated carbocycles. The van der Waals surface area contributed by atoms with E-state index in [1.54, 1.807) is 27.9 Å². The van der Waals surface area contributed by atoms with Crippen LogP contribution in [0, 0.1) is 11.3 Å². The van der Waals surface area contributed by atoms with E-state index in [-0.39, 0.29) is 18.2 Å². The lowest BCUT2D eigenvalue weighted by Crippen LogP contribution is -2.49. The Morgan fingerprint density at radius 3 is 2.57 bits per heavy atom. The van der Waals surface area contributed by atoms with Gasteiger partial charge in [-0.15, -0.1) is 0 Å². The van der Waals surface area contributed by atoms with Crippen molar-refractivity contribution in [1.29, 1.82) is 0 Å². The van der Waals surface area contributed by atoms with Crippen LogP contribution >= 0.6 is 0 Å². The number of unbranched alkanes of at least 4 members (excludes halogenated alkanes) is 2. The number of aryl methyl sites for hydroxylation is 1. The zero-order chi connectivity index (χ0) is 30.4. The zero-order valence-electron chi connectivity index (χ0n) is 25.0. The number of ether oxygens (including phenoxy) is 4. The first-order chi connectivity index (χ1) is 20.0. The maximum absolute atomic E-state index is 12.2. The van der Waals surface area contributed by atoms with E-state index in [0.717, 1.165) is 43.3 Å². The Bertz CT molecular complexity index is 1280. The van der Waals surface area contributed by atoms with Crippen LogP contribution < -0.4 is 20.1 Å². The minimum atomic E-state index is -1.08. The van der Waals surface area contributed by atoms with Gasteiger partial charge < -0.3 is 34.7 Å². The van der Waals surface area contributed by atoms with Crippen LogP contribution in [0.5, 0.6) is 11.6 Å². The number of hydrogen-bond acceptors (Lipinski definition) is 10. The fraction of sp³-hybridized carbons (Fsp3) is 0.633. The van der Waals surface area contributed by atoms with Gasteiger partial charge in [0.25, 0.3) is 0 Å². The molecule has 2 aromatic rings. The molecule has 0 unspecified atom stereocenters. The molecule has 5 atom stereocenters. The maximum atomic E-state index is 12.2. The lowest BCUT2D eigenvalue weighted by atomic mass is 9.87. The Hall–Kier alpha value is -3.67. The summed E-state index contributed by atoms with van der Waals surface area (Å²) in [4.78, 5) is 45.2. The van der Waals surface area contributed by atoms with Crippen LogP contribution in [-0.4, -0.2) is 78.2 Å². The van der Waals surface area contributed by atoms with Gasteiger partial charge in [-0.3, -0.25) is 4.79 Å². The monoisotopic (exact) mass is 586 g/mol. The summed E-state index contributed by atoms with van der Waals surface area (Å²) in [5.74, 6) is 0.0419. The van der Waals surface area contributed by atoms with Crippen molar-refractivity contribution in [1.82, 2.24) is 20.6 Å². The fourth-order valence-electron chi connectivity index (χ4n) is 5.19. The first-order valence-corrected chi connectivity index (χ1v) is 14.5. The third kappa shape index (κ3) is 8.21. The Balaban J connectivity index is 1.27. The second kappa shape index (κ2) is 13.5. The highest BCUT2D eigenvalue weighted by atomic mass is 16.6. The summed E-state index contributed by atoms with van der Waals surface area (Å²) in [6, 6.07) is 4.12. The van der Waals surface area contributed by atoms with Crippen LogP contribution in [0.3, 0.4) is 0 Å². The van der Waals surface area contributed by atoms with Gasteiger partial charge in [-0.1, -0.05) is 33.6 Å². The number of aliphatic carboxylic acids is 1. The normalized spacial score (nSPS) is 22.3. The molecule has 1 aliphatic heterocycles. The zero-order valence-corrected chi connectivity index (χ0v) is 25.0. The van der Waals surface area contributed by atoms with Crippen molar-refractivity contribution in [2.24, 2.45) is 11.3 Å². The Kier molecular flexibility index (Phi) is 10.1. The molecule has 12 nitrogen and oxygen atoms in total. The molecule has 2 fully saturated rings. The Morgan fingerprint density at radius 2 is 1.88 bits per heavy atom. The third-order valence-electron chi connectivity index (χ3n) is 7.74. The summed E-state index contributed by atoms with van der Waals surface area (Å²) < 4.78 is 21.9. The first kappa shape index (κ1) is 31.3. The van der Waals surface area contributed by atoms with Gasteiger partial charge >= 0.3 is 18.0 Å². The molecule has 1 saturated heterocycles. The molecule has 0 bridgehead atoms. The lowest BCUT2D eigenvalue weighted by Gasteiger charge is -2.27. The smallest absolute Gasteiger partial charge is 0.408 e. The largest absolute Gasteiger partial charge is 0.497 e. The topological polar surface area (TPSA) is 158 Å². The average molecular weight is 587 g/mol. The molecule has 0 radical (unpaired) electrons. The van der Waals surface area contributed by atoms with Crippen molar-refractivity contribution in [2.45, 2.75) is 90.0 Å². The van der Waals surface area contributed by atoms with Crippen molar-refractivity contribution < 1.29 is 38.4 Å². The van der Waals surface area contributed by atoms with Gasteiger partial charge in [-0.2, -0.15) is 0 Å². The van der Waals surface area contributed by atoms with Crippen molar-refractivity contribution in [3.63, 3.8) is 0 Å². The van der Waals surface area contributed by atoms with Gasteiger partial charge in [0.15, 0.2) is 0 Å². The summed E-state index contributed by atoms with van der Waals surface area (Å²) in [6.45, 7) is 5.78. The highest BCUT2D eigenvalue weighted by molar-refractivity contribution is 5.81. The van der Waals surface area contributed by atoms with E-state index >= 15 is 0 Å². The molecule has 12 heteroatoms. The van der Waals surface area contributed by atoms with Crippen LogP contribution in [0.15, 0.2) is 18.2 Å². The van der Waals surface area contributed by atoms with E-state index < -0.39 is 29.6 Å². The quantitative estimate of drug-likeness (QED) is 0.232. The lowest BCUT2D eigenvalue weighted by molar-refractivity contribution is -0.143. The van der Waals surface area contributed by atoms with Crippen LogP contribution in [-0.2, 0) is 25.5 Å². The number of aromatic nitrogens is 2. The van der Waals surface area contributed by atoms with E-state index in [1.165, 1.54) is 7.11 Å². The van der Waals surface area contributed by atoms with Crippen LogP contribution in [0.25, 0.3) is 11.0 Å². The number of carbonyl (C=O) groups excluding carboxylic acids is 2. The molecule has 4 rings (SSSR count). The van der Waals surface area contributed by atoms with Crippen LogP contribution in [0.2, 0.25) is 0 Å². The number of hydrogen-bond donors (Lipinski definition) is 3.